The molecule has 1 N–H and O–H groups in total. The van der Waals surface area contributed by atoms with Gasteiger partial charge in [-0.15, -0.1) is 0 Å². The Morgan fingerprint density at radius 3 is 2.62 bits per heavy atom. The van der Waals surface area contributed by atoms with Gasteiger partial charge in [0.15, 0.2) is 11.5 Å². The molecule has 7 heteroatoms. The van der Waals surface area contributed by atoms with Gasteiger partial charge in [-0.2, -0.15) is 5.10 Å². The zero-order chi connectivity index (χ0) is 17.5. The minimum absolute atomic E-state index is 0.310. The van der Waals surface area contributed by atoms with E-state index >= 15 is 0 Å². The van der Waals surface area contributed by atoms with Crippen molar-refractivity contribution >= 4 is 35.3 Å². The van der Waals surface area contributed by atoms with Gasteiger partial charge in [0.05, 0.1) is 30.0 Å². The molecular weight excluding hydrogens is 351 g/mol. The summed E-state index contributed by atoms with van der Waals surface area (Å²) in [5.41, 5.74) is 3.55. The van der Waals surface area contributed by atoms with Crippen LogP contribution in [-0.2, 0) is 0 Å². The molecule has 0 aliphatic carbocycles. The normalized spacial score (nSPS) is 10.7. The Morgan fingerprint density at radius 2 is 1.96 bits per heavy atom. The molecule has 2 aromatic carbocycles. The summed E-state index contributed by atoms with van der Waals surface area (Å²) in [6, 6.07) is 9.96. The summed E-state index contributed by atoms with van der Waals surface area (Å²) in [6.45, 7) is 2.44. The molecule has 2 rings (SSSR count). The second-order valence-corrected chi connectivity index (χ2v) is 5.49. The predicted octanol–water partition coefficient (Wildman–Crippen LogP) is 4.16. The third-order valence-corrected chi connectivity index (χ3v) is 3.79. The van der Waals surface area contributed by atoms with E-state index in [1.807, 2.05) is 13.0 Å². The number of carbonyl (C=O) groups is 1. The minimum Gasteiger partial charge on any atom is -0.493 e. The second kappa shape index (κ2) is 8.57. The van der Waals surface area contributed by atoms with Crippen LogP contribution in [0.15, 0.2) is 41.5 Å². The summed E-state index contributed by atoms with van der Waals surface area (Å²) in [5, 5.41) is 4.62. The largest absolute Gasteiger partial charge is 0.493 e. The lowest BCUT2D eigenvalue weighted by Crippen LogP contribution is -2.17. The molecule has 0 atom stereocenters. The highest BCUT2D eigenvalue weighted by atomic mass is 35.5. The van der Waals surface area contributed by atoms with Gasteiger partial charge in [0.1, 0.15) is 0 Å². The molecule has 0 radical (unpaired) electrons. The molecule has 126 valence electrons. The molecule has 0 saturated carbocycles. The van der Waals surface area contributed by atoms with Gasteiger partial charge < -0.3 is 9.47 Å². The van der Waals surface area contributed by atoms with E-state index in [-0.39, 0.29) is 5.91 Å². The first kappa shape index (κ1) is 18.1. The molecule has 0 fully saturated rings. The summed E-state index contributed by atoms with van der Waals surface area (Å²) in [5.74, 6) is 0.858. The molecule has 0 aliphatic rings. The molecule has 1 amide bonds. The fraction of sp³-hybridized carbons (Fsp3) is 0.176. The second-order valence-electron chi connectivity index (χ2n) is 4.67. The number of carbonyl (C=O) groups excluding carboxylic acids is 1. The molecule has 5 nitrogen and oxygen atoms in total. The lowest BCUT2D eigenvalue weighted by atomic mass is 10.2. The summed E-state index contributed by atoms with van der Waals surface area (Å²) in [7, 11) is 1.56. The van der Waals surface area contributed by atoms with E-state index in [1.54, 1.807) is 31.4 Å². The van der Waals surface area contributed by atoms with Crippen LogP contribution in [0.3, 0.4) is 0 Å². The SMILES string of the molecule is CCOc1ccc(C=NNC(=O)c2ccc(Cl)c(Cl)c2)cc1OC. The Labute approximate surface area is 150 Å². The van der Waals surface area contributed by atoms with Crippen molar-refractivity contribution in [3.8, 4) is 11.5 Å². The van der Waals surface area contributed by atoms with E-state index in [0.29, 0.717) is 33.7 Å². The predicted molar refractivity (Wildman–Crippen MR) is 95.7 cm³/mol. The zero-order valence-corrected chi connectivity index (χ0v) is 14.7. The van der Waals surface area contributed by atoms with Gasteiger partial charge in [-0.3, -0.25) is 4.79 Å². The number of hydrogen-bond acceptors (Lipinski definition) is 4. The van der Waals surface area contributed by atoms with Crippen LogP contribution >= 0.6 is 23.2 Å². The number of ether oxygens (including phenoxy) is 2. The number of hydrogen-bond donors (Lipinski definition) is 1. The number of benzene rings is 2. The van der Waals surface area contributed by atoms with Crippen molar-refractivity contribution in [2.45, 2.75) is 6.92 Å². The number of rotatable bonds is 6. The Kier molecular flexibility index (Phi) is 6.46. The Balaban J connectivity index is 2.05. The first-order valence-electron chi connectivity index (χ1n) is 7.14. The van der Waals surface area contributed by atoms with Gasteiger partial charge in [-0.1, -0.05) is 23.2 Å². The van der Waals surface area contributed by atoms with Crippen LogP contribution in [0.2, 0.25) is 10.0 Å². The number of amides is 1. The summed E-state index contributed by atoms with van der Waals surface area (Å²) < 4.78 is 10.7. The van der Waals surface area contributed by atoms with Crippen molar-refractivity contribution in [2.24, 2.45) is 5.10 Å². The van der Waals surface area contributed by atoms with Crippen LogP contribution in [0.1, 0.15) is 22.8 Å². The number of hydrazone groups is 1. The molecule has 0 spiro atoms. The molecular formula is C17H16Cl2N2O3. The van der Waals surface area contributed by atoms with Crippen LogP contribution in [0, 0.1) is 0 Å². The maximum Gasteiger partial charge on any atom is 0.271 e. The summed E-state index contributed by atoms with van der Waals surface area (Å²) in [4.78, 5) is 12.0. The first-order chi connectivity index (χ1) is 11.5. The molecule has 0 unspecified atom stereocenters. The van der Waals surface area contributed by atoms with Crippen molar-refractivity contribution in [3.05, 3.63) is 57.6 Å². The van der Waals surface area contributed by atoms with Gasteiger partial charge in [-0.25, -0.2) is 5.43 Å². The standard InChI is InChI=1S/C17H16Cl2N2O3/c1-3-24-15-7-4-11(8-16(15)23-2)10-20-21-17(22)12-5-6-13(18)14(19)9-12/h4-10H,3H2,1-2H3,(H,21,22). The Morgan fingerprint density at radius 1 is 1.17 bits per heavy atom. The molecule has 0 saturated heterocycles. The molecule has 0 bridgehead atoms. The van der Waals surface area contributed by atoms with Gasteiger partial charge >= 0.3 is 0 Å². The quantitative estimate of drug-likeness (QED) is 0.616. The van der Waals surface area contributed by atoms with Crippen molar-refractivity contribution < 1.29 is 14.3 Å². The van der Waals surface area contributed by atoms with Crippen molar-refractivity contribution in [1.82, 2.24) is 5.43 Å². The molecule has 0 aliphatic heterocycles. The minimum atomic E-state index is -0.386. The van der Waals surface area contributed by atoms with E-state index < -0.39 is 0 Å². The maximum atomic E-state index is 12.0. The van der Waals surface area contributed by atoms with Gasteiger partial charge in [0, 0.05) is 5.56 Å². The fourth-order valence-electron chi connectivity index (χ4n) is 1.91. The third-order valence-electron chi connectivity index (χ3n) is 3.05. The Bertz CT molecular complexity index is 763. The van der Waals surface area contributed by atoms with Crippen molar-refractivity contribution in [1.29, 1.82) is 0 Å². The van der Waals surface area contributed by atoms with Crippen LogP contribution in [0.25, 0.3) is 0 Å². The topological polar surface area (TPSA) is 59.9 Å². The Hall–Kier alpha value is -2.24. The first-order valence-corrected chi connectivity index (χ1v) is 7.90. The zero-order valence-electron chi connectivity index (χ0n) is 13.2. The van der Waals surface area contributed by atoms with Crippen LogP contribution in [-0.4, -0.2) is 25.8 Å². The average molecular weight is 367 g/mol. The van der Waals surface area contributed by atoms with Gasteiger partial charge in [0.25, 0.3) is 5.91 Å². The highest BCUT2D eigenvalue weighted by Gasteiger charge is 2.07. The van der Waals surface area contributed by atoms with E-state index in [9.17, 15) is 4.79 Å². The number of nitrogens with one attached hydrogen (secondary N) is 1. The lowest BCUT2D eigenvalue weighted by Gasteiger charge is -2.09. The number of methoxy groups -OCH3 is 1. The van der Waals surface area contributed by atoms with Crippen LogP contribution < -0.4 is 14.9 Å². The van der Waals surface area contributed by atoms with Crippen molar-refractivity contribution in [3.63, 3.8) is 0 Å². The van der Waals surface area contributed by atoms with E-state index in [1.165, 1.54) is 12.3 Å². The van der Waals surface area contributed by atoms with Crippen molar-refractivity contribution in [2.75, 3.05) is 13.7 Å². The molecule has 0 aromatic heterocycles. The third kappa shape index (κ3) is 4.63. The van der Waals surface area contributed by atoms with Crippen LogP contribution in [0.5, 0.6) is 11.5 Å². The maximum absolute atomic E-state index is 12.0. The van der Waals surface area contributed by atoms with Crippen LogP contribution in [0.4, 0.5) is 0 Å². The van der Waals surface area contributed by atoms with E-state index in [2.05, 4.69) is 10.5 Å². The monoisotopic (exact) mass is 366 g/mol. The number of halogens is 2. The lowest BCUT2D eigenvalue weighted by molar-refractivity contribution is 0.0955. The summed E-state index contributed by atoms with van der Waals surface area (Å²) >= 11 is 11.7. The number of nitrogens with zero attached hydrogens (tertiary/aromatic N) is 1. The molecule has 24 heavy (non-hydrogen) atoms. The fourth-order valence-corrected chi connectivity index (χ4v) is 2.20. The average Bonchev–Trinajstić information content (AvgIpc) is 2.58. The smallest absolute Gasteiger partial charge is 0.271 e. The van der Waals surface area contributed by atoms with E-state index in [4.69, 9.17) is 32.7 Å². The highest BCUT2D eigenvalue weighted by Crippen LogP contribution is 2.27. The summed E-state index contributed by atoms with van der Waals surface area (Å²) in [6.07, 6.45) is 1.51. The molecule has 0 heterocycles. The van der Waals surface area contributed by atoms with Gasteiger partial charge in [0.2, 0.25) is 0 Å². The van der Waals surface area contributed by atoms with E-state index in [0.717, 1.165) is 5.56 Å². The highest BCUT2D eigenvalue weighted by molar-refractivity contribution is 6.42. The molecule has 2 aromatic rings. The van der Waals surface area contributed by atoms with Gasteiger partial charge in [-0.05, 0) is 48.9 Å².